The lowest BCUT2D eigenvalue weighted by Crippen LogP contribution is -2.39. The summed E-state index contributed by atoms with van der Waals surface area (Å²) in [5, 5.41) is 3.08. The smallest absolute Gasteiger partial charge is 0.318 e. The molecular weight excluding hydrogens is 334 g/mol. The fourth-order valence-corrected chi connectivity index (χ4v) is 3.91. The maximum Gasteiger partial charge on any atom is 0.322 e. The number of nitrogens with one attached hydrogen (secondary N) is 1. The first kappa shape index (κ1) is 17.4. The average molecular weight is 359 g/mol. The Morgan fingerprint density at radius 3 is 2.52 bits per heavy atom. The number of carbonyl (C=O) groups is 1. The summed E-state index contributed by atoms with van der Waals surface area (Å²) in [6, 6.07) is 20.4. The maximum absolute atomic E-state index is 13.3. The van der Waals surface area contributed by atoms with Gasteiger partial charge in [-0.05, 0) is 48.7 Å². The normalized spacial score (nSPS) is 15.9. The molecule has 1 N–H and O–H groups in total. The first-order valence-electron chi connectivity index (χ1n) is 9.44. The molecule has 1 aromatic heterocycles. The number of anilines is 1. The molecule has 0 radical (unpaired) electrons. The number of amides is 2. The van der Waals surface area contributed by atoms with Crippen molar-refractivity contribution in [3.05, 3.63) is 83.7 Å². The number of benzene rings is 2. The van der Waals surface area contributed by atoms with Gasteiger partial charge in [0, 0.05) is 17.6 Å². The molecule has 138 valence electrons. The fourth-order valence-electron chi connectivity index (χ4n) is 3.91. The number of urea groups is 1. The molecule has 0 unspecified atom stereocenters. The van der Waals surface area contributed by atoms with E-state index < -0.39 is 0 Å². The molecule has 2 aromatic carbocycles. The Morgan fingerprint density at radius 1 is 1.04 bits per heavy atom. The highest BCUT2D eigenvalue weighted by Gasteiger charge is 2.33. The van der Waals surface area contributed by atoms with E-state index in [2.05, 4.69) is 60.3 Å². The van der Waals surface area contributed by atoms with Crippen molar-refractivity contribution in [1.29, 1.82) is 0 Å². The van der Waals surface area contributed by atoms with Gasteiger partial charge < -0.3 is 14.8 Å². The topological polar surface area (TPSA) is 37.3 Å². The van der Waals surface area contributed by atoms with Crippen molar-refractivity contribution in [2.24, 2.45) is 5.92 Å². The van der Waals surface area contributed by atoms with Gasteiger partial charge in [-0.2, -0.15) is 0 Å². The monoisotopic (exact) mass is 359 g/mol. The zero-order valence-electron chi connectivity index (χ0n) is 16.0. The second-order valence-corrected chi connectivity index (χ2v) is 7.54. The van der Waals surface area contributed by atoms with Crippen molar-refractivity contribution in [1.82, 2.24) is 9.47 Å². The van der Waals surface area contributed by atoms with E-state index in [0.717, 1.165) is 22.6 Å². The molecule has 0 saturated carbocycles. The lowest BCUT2D eigenvalue weighted by atomic mass is 9.99. The van der Waals surface area contributed by atoms with Crippen LogP contribution in [-0.2, 0) is 6.54 Å². The third-order valence-corrected chi connectivity index (χ3v) is 5.21. The molecule has 1 aliphatic heterocycles. The summed E-state index contributed by atoms with van der Waals surface area (Å²) in [6.45, 7) is 6.97. The standard InChI is InChI=1S/C23H25N3O/c1-16(2)22-21-9-6-14-25(21)20-8-5-4-7-18(20)15-26(22)23(27)24-19-12-10-17(3)11-13-19/h4-14,16,22H,15H2,1-3H3,(H,24,27)/t22-/m0/s1. The quantitative estimate of drug-likeness (QED) is 0.642. The van der Waals surface area contributed by atoms with Crippen molar-refractivity contribution in [2.45, 2.75) is 33.4 Å². The van der Waals surface area contributed by atoms with Crippen molar-refractivity contribution < 1.29 is 4.79 Å². The Hall–Kier alpha value is -3.01. The van der Waals surface area contributed by atoms with E-state index in [0.29, 0.717) is 6.54 Å². The number of carbonyl (C=O) groups excluding carboxylic acids is 1. The Bertz CT molecular complexity index is 956. The Balaban J connectivity index is 1.74. The lowest BCUT2D eigenvalue weighted by Gasteiger charge is -2.33. The van der Waals surface area contributed by atoms with Gasteiger partial charge in [-0.15, -0.1) is 0 Å². The van der Waals surface area contributed by atoms with Crippen LogP contribution in [0.2, 0.25) is 0 Å². The van der Waals surface area contributed by atoms with Gasteiger partial charge in [0.25, 0.3) is 0 Å². The van der Waals surface area contributed by atoms with Gasteiger partial charge in [0.2, 0.25) is 0 Å². The molecular formula is C23H25N3O. The van der Waals surface area contributed by atoms with Crippen molar-refractivity contribution in [3.8, 4) is 5.69 Å². The van der Waals surface area contributed by atoms with Crippen LogP contribution in [-0.4, -0.2) is 15.5 Å². The Labute approximate surface area is 160 Å². The number of hydrogen-bond acceptors (Lipinski definition) is 1. The van der Waals surface area contributed by atoms with Crippen LogP contribution in [0.25, 0.3) is 5.69 Å². The van der Waals surface area contributed by atoms with Crippen LogP contribution in [0.5, 0.6) is 0 Å². The highest BCUT2D eigenvalue weighted by molar-refractivity contribution is 5.89. The van der Waals surface area contributed by atoms with Crippen LogP contribution in [0.4, 0.5) is 10.5 Å². The number of hydrogen-bond donors (Lipinski definition) is 1. The summed E-state index contributed by atoms with van der Waals surface area (Å²) in [5.41, 5.74) is 5.44. The number of fused-ring (bicyclic) bond motifs is 3. The minimum absolute atomic E-state index is 0.00199. The Kier molecular flexibility index (Phi) is 4.48. The number of nitrogens with zero attached hydrogens (tertiary/aromatic N) is 2. The molecule has 0 fully saturated rings. The van der Waals surface area contributed by atoms with Crippen LogP contribution in [0.3, 0.4) is 0 Å². The second kappa shape index (κ2) is 6.95. The maximum atomic E-state index is 13.3. The number of aromatic nitrogens is 1. The van der Waals surface area contributed by atoms with Gasteiger partial charge in [-0.25, -0.2) is 4.79 Å². The van der Waals surface area contributed by atoms with E-state index in [9.17, 15) is 4.79 Å². The molecule has 0 aliphatic carbocycles. The largest absolute Gasteiger partial charge is 0.322 e. The van der Waals surface area contributed by atoms with Gasteiger partial charge in [-0.3, -0.25) is 0 Å². The van der Waals surface area contributed by atoms with Gasteiger partial charge in [0.05, 0.1) is 18.3 Å². The lowest BCUT2D eigenvalue weighted by molar-refractivity contribution is 0.162. The molecule has 0 spiro atoms. The van der Waals surface area contributed by atoms with E-state index in [1.807, 2.05) is 42.2 Å². The first-order valence-corrected chi connectivity index (χ1v) is 9.44. The van der Waals surface area contributed by atoms with Crippen LogP contribution >= 0.6 is 0 Å². The van der Waals surface area contributed by atoms with Crippen molar-refractivity contribution >= 4 is 11.7 Å². The SMILES string of the molecule is Cc1ccc(NC(=O)N2Cc3ccccc3-n3cccc3[C@@H]2C(C)C)cc1. The van der Waals surface area contributed by atoms with Gasteiger partial charge >= 0.3 is 6.03 Å². The summed E-state index contributed by atoms with van der Waals surface area (Å²) in [5.74, 6) is 0.289. The third-order valence-electron chi connectivity index (χ3n) is 5.21. The summed E-state index contributed by atoms with van der Waals surface area (Å²) in [7, 11) is 0. The van der Waals surface area contributed by atoms with Crippen LogP contribution < -0.4 is 5.32 Å². The van der Waals surface area contributed by atoms with E-state index in [4.69, 9.17) is 0 Å². The van der Waals surface area contributed by atoms with Crippen LogP contribution in [0, 0.1) is 12.8 Å². The minimum atomic E-state index is -0.0676. The molecule has 4 nitrogen and oxygen atoms in total. The van der Waals surface area contributed by atoms with Crippen LogP contribution in [0.15, 0.2) is 66.9 Å². The summed E-state index contributed by atoms with van der Waals surface area (Å²) in [4.78, 5) is 15.2. The van der Waals surface area contributed by atoms with Crippen LogP contribution in [0.1, 0.15) is 36.7 Å². The fraction of sp³-hybridized carbons (Fsp3) is 0.261. The summed E-state index contributed by atoms with van der Waals surface area (Å²) < 4.78 is 2.22. The molecule has 3 aromatic rings. The van der Waals surface area contributed by atoms with Gasteiger partial charge in [0.15, 0.2) is 0 Å². The summed E-state index contributed by atoms with van der Waals surface area (Å²) in [6.07, 6.45) is 2.09. The van der Waals surface area contributed by atoms with E-state index in [1.165, 1.54) is 5.56 Å². The molecule has 0 saturated heterocycles. The molecule has 1 aliphatic rings. The molecule has 1 atom stereocenters. The molecule has 2 amide bonds. The van der Waals surface area contributed by atoms with Gasteiger partial charge in [0.1, 0.15) is 0 Å². The highest BCUT2D eigenvalue weighted by atomic mass is 16.2. The van der Waals surface area contributed by atoms with Crippen molar-refractivity contribution in [2.75, 3.05) is 5.32 Å². The average Bonchev–Trinajstić information content (AvgIpc) is 3.07. The molecule has 27 heavy (non-hydrogen) atoms. The molecule has 4 heteroatoms. The molecule has 2 heterocycles. The molecule has 4 rings (SSSR count). The predicted molar refractivity (Wildman–Crippen MR) is 109 cm³/mol. The predicted octanol–water partition coefficient (Wildman–Crippen LogP) is 5.53. The third kappa shape index (κ3) is 3.23. The zero-order valence-corrected chi connectivity index (χ0v) is 16.0. The molecule has 0 bridgehead atoms. The highest BCUT2D eigenvalue weighted by Crippen LogP contribution is 2.36. The van der Waals surface area contributed by atoms with Crippen molar-refractivity contribution in [3.63, 3.8) is 0 Å². The van der Waals surface area contributed by atoms with E-state index >= 15 is 0 Å². The van der Waals surface area contributed by atoms with E-state index in [-0.39, 0.29) is 18.0 Å². The Morgan fingerprint density at radius 2 is 1.78 bits per heavy atom. The number of aryl methyl sites for hydroxylation is 1. The minimum Gasteiger partial charge on any atom is -0.318 e. The first-order chi connectivity index (χ1) is 13.0. The van der Waals surface area contributed by atoms with E-state index in [1.54, 1.807) is 0 Å². The zero-order chi connectivity index (χ0) is 19.0. The number of para-hydroxylation sites is 1. The second-order valence-electron chi connectivity index (χ2n) is 7.54. The summed E-state index contributed by atoms with van der Waals surface area (Å²) >= 11 is 0. The number of rotatable bonds is 2. The van der Waals surface area contributed by atoms with Gasteiger partial charge in [-0.1, -0.05) is 49.7 Å².